The van der Waals surface area contributed by atoms with E-state index in [0.29, 0.717) is 38.3 Å². The fourth-order valence-corrected chi connectivity index (χ4v) is 5.52. The van der Waals surface area contributed by atoms with E-state index in [-0.39, 0.29) is 25.0 Å². The monoisotopic (exact) mass is 558 g/mol. The van der Waals surface area contributed by atoms with Gasteiger partial charge in [0.25, 0.3) is 5.91 Å². The smallest absolute Gasteiger partial charge is 0.410 e. The molecule has 0 spiro atoms. The first-order chi connectivity index (χ1) is 19.6. The molecule has 5 rings (SSSR count). The number of rotatable bonds is 5. The number of benzene rings is 2. The molecule has 1 aromatic heterocycles. The number of ether oxygens (including phenoxy) is 2. The zero-order valence-electron chi connectivity index (χ0n) is 24.2. The fourth-order valence-electron chi connectivity index (χ4n) is 5.52. The summed E-state index contributed by atoms with van der Waals surface area (Å²) < 4.78 is 13.1. The van der Waals surface area contributed by atoms with Gasteiger partial charge in [0.15, 0.2) is 0 Å². The van der Waals surface area contributed by atoms with Gasteiger partial charge in [-0.25, -0.2) is 4.79 Å². The zero-order valence-corrected chi connectivity index (χ0v) is 24.2. The molecule has 2 aliphatic heterocycles. The van der Waals surface area contributed by atoms with Gasteiger partial charge in [0.05, 0.1) is 23.9 Å². The van der Waals surface area contributed by atoms with Crippen LogP contribution in [-0.2, 0) is 14.3 Å². The SMILES string of the molecule is Cc1cc(C(=O)N2CCN(C(=O)OC(C)(C)C)C[C@H]2CN2CCOCC2=O)c(-c2ccccc2)n1-c1ccccc1. The summed E-state index contributed by atoms with van der Waals surface area (Å²) in [5.74, 6) is -0.245. The number of para-hydroxylation sites is 1. The molecule has 1 atom stereocenters. The highest BCUT2D eigenvalue weighted by molar-refractivity contribution is 6.01. The van der Waals surface area contributed by atoms with Crippen LogP contribution >= 0.6 is 0 Å². The van der Waals surface area contributed by atoms with Crippen molar-refractivity contribution in [3.8, 4) is 16.9 Å². The highest BCUT2D eigenvalue weighted by Gasteiger charge is 2.38. The minimum absolute atomic E-state index is 0.0216. The van der Waals surface area contributed by atoms with Crippen molar-refractivity contribution in [2.45, 2.75) is 39.3 Å². The molecule has 0 saturated carbocycles. The molecule has 2 saturated heterocycles. The van der Waals surface area contributed by atoms with Gasteiger partial charge in [0.1, 0.15) is 12.2 Å². The summed E-state index contributed by atoms with van der Waals surface area (Å²) in [5.41, 5.74) is 3.60. The van der Waals surface area contributed by atoms with Crippen LogP contribution in [-0.4, -0.2) is 94.8 Å². The molecule has 9 heteroatoms. The Balaban J connectivity index is 1.52. The minimum atomic E-state index is -0.637. The van der Waals surface area contributed by atoms with Gasteiger partial charge in [-0.2, -0.15) is 0 Å². The Morgan fingerprint density at radius 2 is 1.66 bits per heavy atom. The van der Waals surface area contributed by atoms with Crippen LogP contribution in [0.2, 0.25) is 0 Å². The quantitative estimate of drug-likeness (QED) is 0.464. The highest BCUT2D eigenvalue weighted by atomic mass is 16.6. The van der Waals surface area contributed by atoms with Crippen molar-refractivity contribution in [3.05, 3.63) is 78.0 Å². The first-order valence-electron chi connectivity index (χ1n) is 14.1. The summed E-state index contributed by atoms with van der Waals surface area (Å²) >= 11 is 0. The van der Waals surface area contributed by atoms with E-state index < -0.39 is 17.7 Å². The van der Waals surface area contributed by atoms with Crippen LogP contribution in [0.3, 0.4) is 0 Å². The van der Waals surface area contributed by atoms with Gasteiger partial charge in [-0.1, -0.05) is 48.5 Å². The maximum absolute atomic E-state index is 14.5. The van der Waals surface area contributed by atoms with E-state index in [1.807, 2.05) is 99.3 Å². The molecule has 2 fully saturated rings. The number of carbonyl (C=O) groups excluding carboxylic acids is 3. The fraction of sp³-hybridized carbons (Fsp3) is 0.406. The minimum Gasteiger partial charge on any atom is -0.444 e. The van der Waals surface area contributed by atoms with Crippen LogP contribution in [0.5, 0.6) is 0 Å². The Hall–Kier alpha value is -4.11. The Kier molecular flexibility index (Phi) is 8.17. The van der Waals surface area contributed by atoms with E-state index in [1.54, 1.807) is 9.80 Å². The van der Waals surface area contributed by atoms with Crippen LogP contribution < -0.4 is 0 Å². The molecule has 9 nitrogen and oxygen atoms in total. The van der Waals surface area contributed by atoms with Gasteiger partial charge in [0.2, 0.25) is 5.91 Å². The highest BCUT2D eigenvalue weighted by Crippen LogP contribution is 2.32. The zero-order chi connectivity index (χ0) is 29.1. The number of amides is 3. The molecule has 0 radical (unpaired) electrons. The van der Waals surface area contributed by atoms with Crippen molar-refractivity contribution < 1.29 is 23.9 Å². The van der Waals surface area contributed by atoms with Crippen LogP contribution in [0.15, 0.2) is 66.7 Å². The molecule has 3 aromatic rings. The number of carbonyl (C=O) groups is 3. The second kappa shape index (κ2) is 11.8. The van der Waals surface area contributed by atoms with Crippen molar-refractivity contribution >= 4 is 17.9 Å². The second-order valence-electron chi connectivity index (χ2n) is 11.6. The van der Waals surface area contributed by atoms with Gasteiger partial charge in [0, 0.05) is 44.1 Å². The van der Waals surface area contributed by atoms with Crippen LogP contribution in [0.1, 0.15) is 36.8 Å². The van der Waals surface area contributed by atoms with Gasteiger partial charge >= 0.3 is 6.09 Å². The van der Waals surface area contributed by atoms with Crippen molar-refractivity contribution in [3.63, 3.8) is 0 Å². The third-order valence-corrected chi connectivity index (χ3v) is 7.39. The summed E-state index contributed by atoms with van der Waals surface area (Å²) in [4.78, 5) is 45.3. The molecule has 216 valence electrons. The Morgan fingerprint density at radius 3 is 2.32 bits per heavy atom. The summed E-state index contributed by atoms with van der Waals surface area (Å²) in [7, 11) is 0. The third kappa shape index (κ3) is 6.30. The van der Waals surface area contributed by atoms with E-state index in [4.69, 9.17) is 9.47 Å². The number of aryl methyl sites for hydroxylation is 1. The lowest BCUT2D eigenvalue weighted by atomic mass is 10.0. The van der Waals surface area contributed by atoms with Crippen molar-refractivity contribution in [2.24, 2.45) is 0 Å². The van der Waals surface area contributed by atoms with Gasteiger partial charge in [-0.3, -0.25) is 9.59 Å². The Bertz CT molecular complexity index is 1400. The lowest BCUT2D eigenvalue weighted by molar-refractivity contribution is -0.143. The van der Waals surface area contributed by atoms with E-state index in [0.717, 1.165) is 22.6 Å². The summed E-state index contributed by atoms with van der Waals surface area (Å²) in [5, 5.41) is 0. The molecule has 3 amide bonds. The molecule has 0 bridgehead atoms. The summed E-state index contributed by atoms with van der Waals surface area (Å²) in [6.07, 6.45) is -0.418. The molecule has 41 heavy (non-hydrogen) atoms. The first-order valence-corrected chi connectivity index (χ1v) is 14.1. The standard InChI is InChI=1S/C32H38N4O5/c1-23-19-27(29(24-11-7-5-8-12-24)36(23)25-13-9-6-10-14-25)30(38)35-16-15-34(31(39)41-32(2,3)4)21-26(35)20-33-17-18-40-22-28(33)37/h5-14,19,26H,15-18,20-22H2,1-4H3/t26-/m1/s1. The van der Waals surface area contributed by atoms with E-state index in [1.165, 1.54) is 0 Å². The lowest BCUT2D eigenvalue weighted by Crippen LogP contribution is -2.61. The van der Waals surface area contributed by atoms with Crippen LogP contribution in [0.25, 0.3) is 16.9 Å². The number of piperazine rings is 1. The van der Waals surface area contributed by atoms with Gasteiger partial charge in [-0.05, 0) is 51.5 Å². The van der Waals surface area contributed by atoms with Gasteiger partial charge < -0.3 is 28.7 Å². The molecule has 3 heterocycles. The Morgan fingerprint density at radius 1 is 0.976 bits per heavy atom. The molecule has 2 aliphatic rings. The summed E-state index contributed by atoms with van der Waals surface area (Å²) in [6.45, 7) is 9.66. The first kappa shape index (κ1) is 28.4. The number of aromatic nitrogens is 1. The second-order valence-corrected chi connectivity index (χ2v) is 11.6. The van der Waals surface area contributed by atoms with Crippen LogP contribution in [0.4, 0.5) is 4.79 Å². The van der Waals surface area contributed by atoms with E-state index in [2.05, 4.69) is 4.57 Å². The largest absolute Gasteiger partial charge is 0.444 e. The number of nitrogens with zero attached hydrogens (tertiary/aromatic N) is 4. The molecular formula is C32H38N4O5. The molecule has 0 unspecified atom stereocenters. The van der Waals surface area contributed by atoms with Crippen molar-refractivity contribution in [1.29, 1.82) is 0 Å². The van der Waals surface area contributed by atoms with Crippen LogP contribution in [0, 0.1) is 6.92 Å². The molecule has 0 N–H and O–H groups in total. The third-order valence-electron chi connectivity index (χ3n) is 7.39. The summed E-state index contributed by atoms with van der Waals surface area (Å²) in [6, 6.07) is 21.4. The maximum Gasteiger partial charge on any atom is 0.410 e. The average Bonchev–Trinajstić information content (AvgIpc) is 3.31. The normalized spacial score (nSPS) is 18.0. The lowest BCUT2D eigenvalue weighted by Gasteiger charge is -2.43. The molecule has 2 aromatic carbocycles. The van der Waals surface area contributed by atoms with E-state index >= 15 is 0 Å². The Labute approximate surface area is 241 Å². The average molecular weight is 559 g/mol. The predicted octanol–water partition coefficient (Wildman–Crippen LogP) is 4.37. The van der Waals surface area contributed by atoms with Gasteiger partial charge in [-0.15, -0.1) is 0 Å². The maximum atomic E-state index is 14.5. The van der Waals surface area contributed by atoms with Crippen molar-refractivity contribution in [1.82, 2.24) is 19.3 Å². The molecule has 0 aliphatic carbocycles. The topological polar surface area (TPSA) is 84.3 Å². The number of hydrogen-bond donors (Lipinski definition) is 0. The molecular weight excluding hydrogens is 520 g/mol. The van der Waals surface area contributed by atoms with Crippen molar-refractivity contribution in [2.75, 3.05) is 45.9 Å². The number of morpholine rings is 1. The van der Waals surface area contributed by atoms with E-state index in [9.17, 15) is 14.4 Å². The number of hydrogen-bond acceptors (Lipinski definition) is 5. The predicted molar refractivity (Wildman–Crippen MR) is 156 cm³/mol.